The average Bonchev–Trinajstić information content (AvgIpc) is 3.33. The number of rotatable bonds is 6. The Morgan fingerprint density at radius 1 is 1.06 bits per heavy atom. The molecule has 2 bridgehead atoms. The topological polar surface area (TPSA) is 73.7 Å². The van der Waals surface area contributed by atoms with Crippen molar-refractivity contribution in [1.82, 2.24) is 29.8 Å². The first-order valence-corrected chi connectivity index (χ1v) is 12.2. The number of halogens is 2. The SMILES string of the molecule is CC(=O)N1CCN(CCN2[C@@H]3CC[C@H]2C[C@@H](NC(=O)c2nn(C(F)F)c4ccccc24)C3)CC1. The fourth-order valence-electron chi connectivity index (χ4n) is 5.96. The van der Waals surface area contributed by atoms with Gasteiger partial charge in [-0.2, -0.15) is 13.9 Å². The number of benzene rings is 1. The van der Waals surface area contributed by atoms with Crippen LogP contribution in [-0.4, -0.2) is 93.7 Å². The lowest BCUT2D eigenvalue weighted by Crippen LogP contribution is -2.54. The molecule has 0 saturated carbocycles. The van der Waals surface area contributed by atoms with Crippen LogP contribution in [0.15, 0.2) is 24.3 Å². The van der Waals surface area contributed by atoms with E-state index >= 15 is 0 Å². The molecule has 4 heterocycles. The number of nitrogens with one attached hydrogen (secondary N) is 1. The summed E-state index contributed by atoms with van der Waals surface area (Å²) in [5.74, 6) is -0.229. The lowest BCUT2D eigenvalue weighted by Gasteiger charge is -2.41. The Hall–Kier alpha value is -2.59. The lowest BCUT2D eigenvalue weighted by atomic mass is 9.97. The Kier molecular flexibility index (Phi) is 6.52. The van der Waals surface area contributed by atoms with Crippen LogP contribution in [0, 0.1) is 0 Å². The van der Waals surface area contributed by atoms with E-state index in [9.17, 15) is 18.4 Å². The van der Waals surface area contributed by atoms with Crippen LogP contribution in [0.4, 0.5) is 8.78 Å². The number of fused-ring (bicyclic) bond motifs is 3. The highest BCUT2D eigenvalue weighted by atomic mass is 19.3. The summed E-state index contributed by atoms with van der Waals surface area (Å²) in [5, 5.41) is 7.47. The molecule has 3 aliphatic heterocycles. The highest BCUT2D eigenvalue weighted by Gasteiger charge is 2.41. The minimum absolute atomic E-state index is 0.0239. The number of carbonyl (C=O) groups is 2. The molecule has 1 N–H and O–H groups in total. The predicted molar refractivity (Wildman–Crippen MR) is 124 cm³/mol. The fourth-order valence-corrected chi connectivity index (χ4v) is 5.96. The highest BCUT2D eigenvalue weighted by Crippen LogP contribution is 2.36. The summed E-state index contributed by atoms with van der Waals surface area (Å²) in [6.07, 6.45) is 3.98. The summed E-state index contributed by atoms with van der Waals surface area (Å²) in [7, 11) is 0. The molecule has 8 nitrogen and oxygen atoms in total. The van der Waals surface area contributed by atoms with E-state index in [-0.39, 0.29) is 29.1 Å². The van der Waals surface area contributed by atoms with Gasteiger partial charge in [-0.05, 0) is 31.7 Å². The van der Waals surface area contributed by atoms with Crippen LogP contribution in [0.3, 0.4) is 0 Å². The number of carbonyl (C=O) groups excluding carboxylic acids is 2. The van der Waals surface area contributed by atoms with Gasteiger partial charge in [0, 0.05) is 69.7 Å². The minimum atomic E-state index is -2.80. The number of nitrogens with zero attached hydrogens (tertiary/aromatic N) is 5. The van der Waals surface area contributed by atoms with E-state index in [1.165, 1.54) is 0 Å². The largest absolute Gasteiger partial charge is 0.348 e. The predicted octanol–water partition coefficient (Wildman–Crippen LogP) is 2.32. The average molecular weight is 475 g/mol. The summed E-state index contributed by atoms with van der Waals surface area (Å²) in [6, 6.07) is 7.51. The molecule has 10 heteroatoms. The van der Waals surface area contributed by atoms with E-state index in [1.54, 1.807) is 31.2 Å². The second kappa shape index (κ2) is 9.58. The van der Waals surface area contributed by atoms with E-state index in [4.69, 9.17) is 0 Å². The number of hydrogen-bond donors (Lipinski definition) is 1. The fraction of sp³-hybridized carbons (Fsp3) is 0.625. The maximum atomic E-state index is 13.4. The van der Waals surface area contributed by atoms with E-state index in [1.807, 2.05) is 4.90 Å². The van der Waals surface area contributed by atoms with Crippen molar-refractivity contribution in [1.29, 1.82) is 0 Å². The second-order valence-corrected chi connectivity index (χ2v) is 9.70. The molecule has 1 aromatic carbocycles. The zero-order valence-electron chi connectivity index (χ0n) is 19.5. The van der Waals surface area contributed by atoms with Crippen LogP contribution in [-0.2, 0) is 4.79 Å². The summed E-state index contributed by atoms with van der Waals surface area (Å²) < 4.78 is 27.4. The van der Waals surface area contributed by atoms with Gasteiger partial charge in [-0.25, -0.2) is 4.68 Å². The number of piperidine rings is 1. The first-order valence-electron chi connectivity index (χ1n) is 12.2. The van der Waals surface area contributed by atoms with Gasteiger partial charge in [-0.3, -0.25) is 19.4 Å². The summed E-state index contributed by atoms with van der Waals surface area (Å²) in [4.78, 5) is 31.5. The number of hydrogen-bond acceptors (Lipinski definition) is 5. The van der Waals surface area contributed by atoms with Gasteiger partial charge in [0.15, 0.2) is 5.69 Å². The molecule has 3 atom stereocenters. The Morgan fingerprint density at radius 2 is 1.74 bits per heavy atom. The van der Waals surface area contributed by atoms with Gasteiger partial charge in [0.25, 0.3) is 5.91 Å². The van der Waals surface area contributed by atoms with Crippen LogP contribution in [0.2, 0.25) is 0 Å². The van der Waals surface area contributed by atoms with Gasteiger partial charge in [0.1, 0.15) is 0 Å². The van der Waals surface area contributed by atoms with Crippen molar-refractivity contribution in [2.45, 2.75) is 57.3 Å². The van der Waals surface area contributed by atoms with Crippen molar-refractivity contribution >= 4 is 22.7 Å². The molecule has 184 valence electrons. The standard InChI is InChI=1S/C24H32F2N6O2/c1-16(33)30-11-8-29(9-12-30)10-13-31-18-6-7-19(31)15-17(14-18)27-23(34)22-20-4-2-3-5-21(20)32(28-22)24(25)26/h2-5,17-19,24H,6-15H2,1H3,(H,27,34)/t17-,18+,19-. The molecule has 0 radical (unpaired) electrons. The maximum Gasteiger partial charge on any atom is 0.333 e. The highest BCUT2D eigenvalue weighted by molar-refractivity contribution is 6.05. The normalized spacial score (nSPS) is 25.9. The first-order chi connectivity index (χ1) is 16.4. The summed E-state index contributed by atoms with van der Waals surface area (Å²) in [5.41, 5.74) is 0.331. The Morgan fingerprint density at radius 3 is 2.38 bits per heavy atom. The molecular formula is C24H32F2N6O2. The first kappa shape index (κ1) is 23.2. The van der Waals surface area contributed by atoms with E-state index in [0.29, 0.717) is 22.2 Å². The van der Waals surface area contributed by atoms with Crippen LogP contribution in [0.5, 0.6) is 0 Å². The van der Waals surface area contributed by atoms with Gasteiger partial charge >= 0.3 is 6.55 Å². The van der Waals surface area contributed by atoms with Gasteiger partial charge in [0.05, 0.1) is 5.52 Å². The lowest BCUT2D eigenvalue weighted by molar-refractivity contribution is -0.130. The molecule has 34 heavy (non-hydrogen) atoms. The molecule has 5 rings (SSSR count). The molecular weight excluding hydrogens is 442 g/mol. The van der Waals surface area contributed by atoms with Gasteiger partial charge in [0.2, 0.25) is 5.91 Å². The Labute approximate surface area is 197 Å². The molecule has 3 saturated heterocycles. The molecule has 1 aromatic heterocycles. The molecule has 0 unspecified atom stereocenters. The summed E-state index contributed by atoms with van der Waals surface area (Å²) in [6.45, 7) is 4.26. The van der Waals surface area contributed by atoms with Crippen LogP contribution < -0.4 is 5.32 Å². The van der Waals surface area contributed by atoms with Crippen molar-refractivity contribution in [2.24, 2.45) is 0 Å². The third kappa shape index (κ3) is 4.53. The molecule has 3 aliphatic rings. The molecule has 3 fully saturated rings. The third-order valence-corrected chi connectivity index (χ3v) is 7.73. The van der Waals surface area contributed by atoms with E-state index < -0.39 is 6.55 Å². The second-order valence-electron chi connectivity index (χ2n) is 9.70. The number of para-hydroxylation sites is 1. The van der Waals surface area contributed by atoms with Gasteiger partial charge < -0.3 is 10.2 Å². The molecule has 0 aliphatic carbocycles. The number of amides is 2. The smallest absolute Gasteiger partial charge is 0.333 e. The van der Waals surface area contributed by atoms with Gasteiger partial charge in [-0.1, -0.05) is 18.2 Å². The van der Waals surface area contributed by atoms with Crippen LogP contribution in [0.1, 0.15) is 49.6 Å². The summed E-state index contributed by atoms with van der Waals surface area (Å²) >= 11 is 0. The van der Waals surface area contributed by atoms with Crippen molar-refractivity contribution in [3.63, 3.8) is 0 Å². The zero-order chi connectivity index (χ0) is 23.8. The van der Waals surface area contributed by atoms with Crippen molar-refractivity contribution in [2.75, 3.05) is 39.3 Å². The zero-order valence-corrected chi connectivity index (χ0v) is 19.5. The monoisotopic (exact) mass is 474 g/mol. The molecule has 2 amide bonds. The molecule has 2 aromatic rings. The maximum absolute atomic E-state index is 13.4. The Bertz CT molecular complexity index is 1040. The third-order valence-electron chi connectivity index (χ3n) is 7.73. The number of aromatic nitrogens is 2. The quantitative estimate of drug-likeness (QED) is 0.696. The van der Waals surface area contributed by atoms with Crippen molar-refractivity contribution in [3.8, 4) is 0 Å². The van der Waals surface area contributed by atoms with Crippen LogP contribution >= 0.6 is 0 Å². The number of piperazine rings is 1. The van der Waals surface area contributed by atoms with Crippen molar-refractivity contribution in [3.05, 3.63) is 30.0 Å². The Balaban J connectivity index is 1.17. The number of alkyl halides is 2. The van der Waals surface area contributed by atoms with Crippen molar-refractivity contribution < 1.29 is 18.4 Å². The van der Waals surface area contributed by atoms with E-state index in [0.717, 1.165) is 65.0 Å². The molecule has 0 spiro atoms. The van der Waals surface area contributed by atoms with Crippen LogP contribution in [0.25, 0.3) is 10.9 Å². The van der Waals surface area contributed by atoms with Gasteiger partial charge in [-0.15, -0.1) is 0 Å². The van der Waals surface area contributed by atoms with E-state index in [2.05, 4.69) is 20.2 Å². The minimum Gasteiger partial charge on any atom is -0.348 e.